The van der Waals surface area contributed by atoms with Gasteiger partial charge in [-0.2, -0.15) is 0 Å². The Kier molecular flexibility index (Phi) is 4.25. The normalized spacial score (nSPS) is 19.4. The standard InChI is InChI=1S/C19H20N2O3/c1-3-21-15-11-7-8-12-16(15)24-19(2,18(21)23)17(22)20-13-14-9-5-4-6-10-14/h4-12H,3,13H2,1-2H3,(H,20,22). The molecule has 0 aromatic heterocycles. The van der Waals surface area contributed by atoms with E-state index < -0.39 is 11.5 Å². The first kappa shape index (κ1) is 16.1. The van der Waals surface area contributed by atoms with Crippen LogP contribution in [0.3, 0.4) is 0 Å². The van der Waals surface area contributed by atoms with Gasteiger partial charge in [-0.25, -0.2) is 0 Å². The minimum atomic E-state index is -1.57. The highest BCUT2D eigenvalue weighted by atomic mass is 16.5. The molecule has 1 heterocycles. The highest BCUT2D eigenvalue weighted by Crippen LogP contribution is 2.37. The average molecular weight is 324 g/mol. The summed E-state index contributed by atoms with van der Waals surface area (Å²) >= 11 is 0. The number of ether oxygens (including phenoxy) is 1. The molecule has 1 aliphatic heterocycles. The molecule has 124 valence electrons. The summed E-state index contributed by atoms with van der Waals surface area (Å²) < 4.78 is 5.81. The fraction of sp³-hybridized carbons (Fsp3) is 0.263. The molecule has 2 amide bonds. The predicted molar refractivity (Wildman–Crippen MR) is 91.8 cm³/mol. The van der Waals surface area contributed by atoms with Crippen molar-refractivity contribution in [1.82, 2.24) is 5.32 Å². The van der Waals surface area contributed by atoms with Gasteiger partial charge in [0.05, 0.1) is 5.69 Å². The number of carbonyl (C=O) groups excluding carboxylic acids is 2. The third kappa shape index (κ3) is 2.73. The second-order valence-electron chi connectivity index (χ2n) is 5.82. The molecular formula is C19H20N2O3. The van der Waals surface area contributed by atoms with Crippen molar-refractivity contribution in [2.75, 3.05) is 11.4 Å². The summed E-state index contributed by atoms with van der Waals surface area (Å²) in [7, 11) is 0. The van der Waals surface area contributed by atoms with Crippen molar-refractivity contribution in [3.63, 3.8) is 0 Å². The van der Waals surface area contributed by atoms with E-state index in [2.05, 4.69) is 5.32 Å². The van der Waals surface area contributed by atoms with Crippen molar-refractivity contribution in [3.8, 4) is 5.75 Å². The van der Waals surface area contributed by atoms with Gasteiger partial charge >= 0.3 is 0 Å². The van der Waals surface area contributed by atoms with Crippen LogP contribution in [0.5, 0.6) is 5.75 Å². The number of anilines is 1. The van der Waals surface area contributed by atoms with Crippen molar-refractivity contribution in [3.05, 3.63) is 60.2 Å². The summed E-state index contributed by atoms with van der Waals surface area (Å²) in [6.07, 6.45) is 0. The molecule has 0 saturated carbocycles. The van der Waals surface area contributed by atoms with E-state index in [9.17, 15) is 9.59 Å². The van der Waals surface area contributed by atoms with Gasteiger partial charge in [-0.05, 0) is 31.5 Å². The zero-order valence-electron chi connectivity index (χ0n) is 13.8. The van der Waals surface area contributed by atoms with Crippen LogP contribution < -0.4 is 15.0 Å². The highest BCUT2D eigenvalue weighted by Gasteiger charge is 2.50. The van der Waals surface area contributed by atoms with E-state index in [1.165, 1.54) is 6.92 Å². The van der Waals surface area contributed by atoms with Gasteiger partial charge in [0, 0.05) is 13.1 Å². The Balaban J connectivity index is 1.83. The van der Waals surface area contributed by atoms with Gasteiger partial charge in [0.15, 0.2) is 0 Å². The van der Waals surface area contributed by atoms with Gasteiger partial charge < -0.3 is 15.0 Å². The van der Waals surface area contributed by atoms with Gasteiger partial charge in [0.2, 0.25) is 0 Å². The van der Waals surface area contributed by atoms with E-state index >= 15 is 0 Å². The van der Waals surface area contributed by atoms with Crippen molar-refractivity contribution >= 4 is 17.5 Å². The number of likely N-dealkylation sites (N-methyl/N-ethyl adjacent to an activating group) is 1. The minimum Gasteiger partial charge on any atom is -0.466 e. The summed E-state index contributed by atoms with van der Waals surface area (Å²) in [4.78, 5) is 27.1. The van der Waals surface area contributed by atoms with Crippen molar-refractivity contribution in [2.24, 2.45) is 0 Å². The molecule has 3 rings (SSSR count). The summed E-state index contributed by atoms with van der Waals surface area (Å²) in [5.41, 5.74) is 0.0860. The summed E-state index contributed by atoms with van der Waals surface area (Å²) in [6, 6.07) is 16.8. The Morgan fingerprint density at radius 3 is 2.50 bits per heavy atom. The maximum absolute atomic E-state index is 12.8. The fourth-order valence-electron chi connectivity index (χ4n) is 2.80. The quantitative estimate of drug-likeness (QED) is 0.879. The van der Waals surface area contributed by atoms with Gasteiger partial charge in [-0.3, -0.25) is 9.59 Å². The zero-order valence-corrected chi connectivity index (χ0v) is 13.8. The van der Waals surface area contributed by atoms with Gasteiger partial charge in [0.25, 0.3) is 17.4 Å². The maximum Gasteiger partial charge on any atom is 0.280 e. The molecule has 0 fully saturated rings. The second-order valence-corrected chi connectivity index (χ2v) is 5.82. The van der Waals surface area contributed by atoms with Crippen LogP contribution in [0, 0.1) is 0 Å². The number of hydrogen-bond acceptors (Lipinski definition) is 3. The first-order chi connectivity index (χ1) is 11.6. The number of nitrogens with zero attached hydrogens (tertiary/aromatic N) is 1. The van der Waals surface area contributed by atoms with E-state index in [0.717, 1.165) is 5.56 Å². The molecule has 5 nitrogen and oxygen atoms in total. The van der Waals surface area contributed by atoms with Crippen molar-refractivity contribution in [1.29, 1.82) is 0 Å². The topological polar surface area (TPSA) is 58.6 Å². The van der Waals surface area contributed by atoms with Crippen LogP contribution in [0.25, 0.3) is 0 Å². The van der Waals surface area contributed by atoms with Gasteiger partial charge in [-0.15, -0.1) is 0 Å². The van der Waals surface area contributed by atoms with Gasteiger partial charge in [-0.1, -0.05) is 42.5 Å². The van der Waals surface area contributed by atoms with Crippen LogP contribution in [0.4, 0.5) is 5.69 Å². The smallest absolute Gasteiger partial charge is 0.280 e. The molecule has 0 saturated heterocycles. The molecule has 1 aliphatic rings. The molecule has 2 aromatic rings. The van der Waals surface area contributed by atoms with Crippen LogP contribution >= 0.6 is 0 Å². The zero-order chi connectivity index (χ0) is 17.2. The molecular weight excluding hydrogens is 304 g/mol. The van der Waals surface area contributed by atoms with Crippen molar-refractivity contribution in [2.45, 2.75) is 26.0 Å². The Bertz CT molecular complexity index is 760. The van der Waals surface area contributed by atoms with Crippen LogP contribution in [-0.4, -0.2) is 24.0 Å². The lowest BCUT2D eigenvalue weighted by Gasteiger charge is -2.39. The average Bonchev–Trinajstić information content (AvgIpc) is 2.61. The maximum atomic E-state index is 12.8. The molecule has 2 aromatic carbocycles. The largest absolute Gasteiger partial charge is 0.466 e. The molecule has 24 heavy (non-hydrogen) atoms. The molecule has 1 atom stereocenters. The Hall–Kier alpha value is -2.82. The van der Waals surface area contributed by atoms with E-state index in [0.29, 0.717) is 24.5 Å². The predicted octanol–water partition coefficient (Wildman–Crippen LogP) is 2.51. The number of para-hydroxylation sites is 2. The SMILES string of the molecule is CCN1C(=O)C(C)(C(=O)NCc2ccccc2)Oc2ccccc21. The van der Waals surface area contributed by atoms with Crippen LogP contribution in [0.2, 0.25) is 0 Å². The Labute approximate surface area is 141 Å². The van der Waals surface area contributed by atoms with Gasteiger partial charge in [0.1, 0.15) is 5.75 Å². The number of carbonyl (C=O) groups is 2. The molecule has 1 unspecified atom stereocenters. The first-order valence-electron chi connectivity index (χ1n) is 7.98. The molecule has 0 bridgehead atoms. The molecule has 0 aliphatic carbocycles. The van der Waals surface area contributed by atoms with Crippen LogP contribution in [0.15, 0.2) is 54.6 Å². The third-order valence-corrected chi connectivity index (χ3v) is 4.17. The minimum absolute atomic E-state index is 0.347. The number of benzene rings is 2. The van der Waals surface area contributed by atoms with E-state index in [4.69, 9.17) is 4.74 Å². The summed E-state index contributed by atoms with van der Waals surface area (Å²) in [6.45, 7) is 4.22. The monoisotopic (exact) mass is 324 g/mol. The van der Waals surface area contributed by atoms with Crippen LogP contribution in [0.1, 0.15) is 19.4 Å². The molecule has 0 radical (unpaired) electrons. The molecule has 5 heteroatoms. The summed E-state index contributed by atoms with van der Waals surface area (Å²) in [5, 5.41) is 2.80. The number of hydrogen-bond donors (Lipinski definition) is 1. The molecule has 1 N–H and O–H groups in total. The fourth-order valence-corrected chi connectivity index (χ4v) is 2.80. The van der Waals surface area contributed by atoms with Crippen LogP contribution in [-0.2, 0) is 16.1 Å². The van der Waals surface area contributed by atoms with E-state index in [-0.39, 0.29) is 5.91 Å². The number of nitrogens with one attached hydrogen (secondary N) is 1. The Morgan fingerprint density at radius 1 is 1.12 bits per heavy atom. The van der Waals surface area contributed by atoms with E-state index in [1.54, 1.807) is 11.0 Å². The third-order valence-electron chi connectivity index (χ3n) is 4.17. The Morgan fingerprint density at radius 2 is 1.79 bits per heavy atom. The number of rotatable bonds is 4. The second kappa shape index (κ2) is 6.35. The lowest BCUT2D eigenvalue weighted by Crippen LogP contribution is -2.62. The first-order valence-corrected chi connectivity index (χ1v) is 7.98. The number of fused-ring (bicyclic) bond motifs is 1. The lowest BCUT2D eigenvalue weighted by atomic mass is 9.99. The molecule has 0 spiro atoms. The number of amides is 2. The van der Waals surface area contributed by atoms with E-state index in [1.807, 2.05) is 55.5 Å². The van der Waals surface area contributed by atoms with Crippen molar-refractivity contribution < 1.29 is 14.3 Å². The lowest BCUT2D eigenvalue weighted by molar-refractivity contribution is -0.148. The summed E-state index contributed by atoms with van der Waals surface area (Å²) in [5.74, 6) is -0.255. The highest BCUT2D eigenvalue weighted by molar-refractivity contribution is 6.16.